The van der Waals surface area contributed by atoms with Gasteiger partial charge in [-0.1, -0.05) is 35.4 Å². The van der Waals surface area contributed by atoms with Crippen LogP contribution in [0.5, 0.6) is 0 Å². The number of pyridine rings is 1. The van der Waals surface area contributed by atoms with Crippen molar-refractivity contribution in [1.82, 2.24) is 15.0 Å². The normalized spacial score (nSPS) is 20.1. The SMILES string of the molecule is C[C@@H]1CN(c2ncc(/C=C/CO)cc2Cl)CCN1c1cc(-c2ccc(F)c(Cl)c2)nc(N2CCC[C@H]2C)n1. The molecule has 2 fully saturated rings. The van der Waals surface area contributed by atoms with Gasteiger partial charge in [-0.2, -0.15) is 4.98 Å². The topological polar surface area (TPSA) is 68.6 Å². The van der Waals surface area contributed by atoms with Gasteiger partial charge in [-0.3, -0.25) is 0 Å². The van der Waals surface area contributed by atoms with Crippen molar-refractivity contribution in [1.29, 1.82) is 0 Å². The van der Waals surface area contributed by atoms with Crippen LogP contribution in [0.2, 0.25) is 10.0 Å². The van der Waals surface area contributed by atoms with Gasteiger partial charge in [0.25, 0.3) is 0 Å². The van der Waals surface area contributed by atoms with Gasteiger partial charge >= 0.3 is 0 Å². The van der Waals surface area contributed by atoms with E-state index >= 15 is 0 Å². The summed E-state index contributed by atoms with van der Waals surface area (Å²) in [6, 6.07) is 9.01. The van der Waals surface area contributed by atoms with Gasteiger partial charge in [0.2, 0.25) is 5.95 Å². The molecule has 10 heteroatoms. The summed E-state index contributed by atoms with van der Waals surface area (Å²) < 4.78 is 13.9. The van der Waals surface area contributed by atoms with Crippen LogP contribution in [-0.2, 0) is 0 Å². The standard InChI is InChI=1S/C28H31Cl2FN6O/c1-18-5-3-9-37(18)28-33-25(21-7-8-24(31)22(29)14-21)15-26(34-28)36-11-10-35(17-19(36)2)27-23(30)13-20(16-32-27)6-4-12-38/h4,6-8,13-16,18-19,38H,3,5,9-12,17H2,1-2H3/b6-4+/t18-,19-/m1/s1. The number of halogens is 3. The number of aliphatic hydroxyl groups is 1. The molecule has 2 saturated heterocycles. The third-order valence-electron chi connectivity index (χ3n) is 7.21. The summed E-state index contributed by atoms with van der Waals surface area (Å²) in [7, 11) is 0. The summed E-state index contributed by atoms with van der Waals surface area (Å²) in [6.45, 7) is 7.39. The van der Waals surface area contributed by atoms with Gasteiger partial charge in [0.1, 0.15) is 17.5 Å². The highest BCUT2D eigenvalue weighted by molar-refractivity contribution is 6.33. The zero-order valence-electron chi connectivity index (χ0n) is 21.5. The molecule has 2 atom stereocenters. The molecule has 0 spiro atoms. The molecule has 3 aromatic rings. The first-order chi connectivity index (χ1) is 18.3. The monoisotopic (exact) mass is 556 g/mol. The molecule has 2 aliphatic rings. The minimum absolute atomic E-state index is 0.0316. The van der Waals surface area contributed by atoms with E-state index in [4.69, 9.17) is 38.3 Å². The second kappa shape index (κ2) is 11.4. The summed E-state index contributed by atoms with van der Waals surface area (Å²) in [4.78, 5) is 21.2. The van der Waals surface area contributed by atoms with Crippen molar-refractivity contribution in [2.75, 3.05) is 47.5 Å². The fourth-order valence-electron chi connectivity index (χ4n) is 5.18. The van der Waals surface area contributed by atoms with Crippen molar-refractivity contribution in [3.05, 3.63) is 64.0 Å². The van der Waals surface area contributed by atoms with Crippen LogP contribution in [0.25, 0.3) is 17.3 Å². The number of hydrogen-bond donors (Lipinski definition) is 1. The van der Waals surface area contributed by atoms with Gasteiger partial charge in [-0.05, 0) is 56.5 Å². The molecule has 0 radical (unpaired) electrons. The predicted octanol–water partition coefficient (Wildman–Crippen LogP) is 5.69. The van der Waals surface area contributed by atoms with Crippen LogP contribution in [0.1, 0.15) is 32.3 Å². The van der Waals surface area contributed by atoms with Crippen molar-refractivity contribution in [2.24, 2.45) is 0 Å². The van der Waals surface area contributed by atoms with Gasteiger partial charge in [0.05, 0.1) is 22.3 Å². The van der Waals surface area contributed by atoms with Crippen molar-refractivity contribution >= 4 is 46.9 Å². The lowest BCUT2D eigenvalue weighted by molar-refractivity contribution is 0.343. The Balaban J connectivity index is 1.43. The maximum absolute atomic E-state index is 13.9. The lowest BCUT2D eigenvalue weighted by Crippen LogP contribution is -2.52. The lowest BCUT2D eigenvalue weighted by Gasteiger charge is -2.41. The molecule has 2 aromatic heterocycles. The Kier molecular flexibility index (Phi) is 8.02. The molecule has 0 aliphatic carbocycles. The maximum Gasteiger partial charge on any atom is 0.228 e. The Labute approximate surface area is 232 Å². The highest BCUT2D eigenvalue weighted by atomic mass is 35.5. The lowest BCUT2D eigenvalue weighted by atomic mass is 10.1. The Morgan fingerprint density at radius 3 is 2.55 bits per heavy atom. The van der Waals surface area contributed by atoms with Gasteiger partial charge in [-0.25, -0.2) is 14.4 Å². The van der Waals surface area contributed by atoms with Gasteiger partial charge in [0, 0.05) is 56.1 Å². The number of benzene rings is 1. The van der Waals surface area contributed by atoms with Crippen molar-refractivity contribution in [3.8, 4) is 11.3 Å². The molecular formula is C28H31Cl2FN6O. The third kappa shape index (κ3) is 5.58. The van der Waals surface area contributed by atoms with E-state index in [0.717, 1.165) is 67.5 Å². The quantitative estimate of drug-likeness (QED) is 0.418. The Morgan fingerprint density at radius 1 is 1.03 bits per heavy atom. The zero-order valence-corrected chi connectivity index (χ0v) is 23.0. The van der Waals surface area contributed by atoms with Crippen LogP contribution in [0.3, 0.4) is 0 Å². The van der Waals surface area contributed by atoms with Crippen LogP contribution in [0.15, 0.2) is 42.6 Å². The molecule has 0 amide bonds. The number of piperazine rings is 1. The molecule has 4 heterocycles. The number of hydrogen-bond acceptors (Lipinski definition) is 7. The number of aromatic nitrogens is 3. The summed E-state index contributed by atoms with van der Waals surface area (Å²) in [5, 5.41) is 9.66. The van der Waals surface area contributed by atoms with E-state index in [1.165, 1.54) is 6.07 Å². The summed E-state index contributed by atoms with van der Waals surface area (Å²) in [6.07, 6.45) is 7.41. The fourth-order valence-corrected chi connectivity index (χ4v) is 5.65. The van der Waals surface area contributed by atoms with Gasteiger partial charge in [0.15, 0.2) is 0 Å². The van der Waals surface area contributed by atoms with E-state index in [1.54, 1.807) is 30.5 Å². The van der Waals surface area contributed by atoms with Crippen molar-refractivity contribution in [3.63, 3.8) is 0 Å². The molecule has 0 bridgehead atoms. The second-order valence-electron chi connectivity index (χ2n) is 9.87. The number of rotatable bonds is 6. The van der Waals surface area contributed by atoms with Crippen LogP contribution in [0.4, 0.5) is 22.0 Å². The average molecular weight is 558 g/mol. The first kappa shape index (κ1) is 26.7. The minimum Gasteiger partial charge on any atom is -0.392 e. The van der Waals surface area contributed by atoms with Gasteiger partial charge in [-0.15, -0.1) is 0 Å². The maximum atomic E-state index is 13.9. The minimum atomic E-state index is -0.451. The summed E-state index contributed by atoms with van der Waals surface area (Å²) in [5.41, 5.74) is 2.32. The molecule has 7 nitrogen and oxygen atoms in total. The Hall–Kier alpha value is -2.94. The summed E-state index contributed by atoms with van der Waals surface area (Å²) >= 11 is 12.7. The molecule has 1 aromatic carbocycles. The zero-order chi connectivity index (χ0) is 26.8. The molecule has 38 heavy (non-hydrogen) atoms. The highest BCUT2D eigenvalue weighted by Gasteiger charge is 2.29. The number of aliphatic hydroxyl groups excluding tert-OH is 1. The third-order valence-corrected chi connectivity index (χ3v) is 7.77. The van der Waals surface area contributed by atoms with Crippen LogP contribution < -0.4 is 14.7 Å². The average Bonchev–Trinajstić information content (AvgIpc) is 3.34. The van der Waals surface area contributed by atoms with E-state index in [1.807, 2.05) is 12.1 Å². The molecule has 0 saturated carbocycles. The number of nitrogens with zero attached hydrogens (tertiary/aromatic N) is 6. The molecule has 2 aliphatic heterocycles. The van der Waals surface area contributed by atoms with Crippen molar-refractivity contribution in [2.45, 2.75) is 38.8 Å². The van der Waals surface area contributed by atoms with E-state index in [9.17, 15) is 4.39 Å². The van der Waals surface area contributed by atoms with E-state index in [0.29, 0.717) is 17.0 Å². The molecule has 1 N–H and O–H groups in total. The molecule has 0 unspecified atom stereocenters. The van der Waals surface area contributed by atoms with E-state index in [2.05, 4.69) is 33.5 Å². The molecular weight excluding hydrogens is 526 g/mol. The Morgan fingerprint density at radius 2 is 1.87 bits per heavy atom. The first-order valence-corrected chi connectivity index (χ1v) is 13.7. The first-order valence-electron chi connectivity index (χ1n) is 12.9. The van der Waals surface area contributed by atoms with Gasteiger partial charge < -0.3 is 19.8 Å². The fraction of sp³-hybridized carbons (Fsp3) is 0.393. The largest absolute Gasteiger partial charge is 0.392 e. The predicted molar refractivity (Wildman–Crippen MR) is 153 cm³/mol. The van der Waals surface area contributed by atoms with Crippen LogP contribution >= 0.6 is 23.2 Å². The highest BCUT2D eigenvalue weighted by Crippen LogP contribution is 2.33. The number of anilines is 3. The smallest absolute Gasteiger partial charge is 0.228 e. The molecule has 200 valence electrons. The Bertz CT molecular complexity index is 1340. The van der Waals surface area contributed by atoms with E-state index in [-0.39, 0.29) is 17.7 Å². The van der Waals surface area contributed by atoms with Crippen molar-refractivity contribution < 1.29 is 9.50 Å². The molecule has 5 rings (SSSR count). The van der Waals surface area contributed by atoms with Crippen LogP contribution in [-0.4, -0.2) is 64.9 Å². The summed E-state index contributed by atoms with van der Waals surface area (Å²) in [5.74, 6) is 1.82. The van der Waals surface area contributed by atoms with E-state index < -0.39 is 5.82 Å². The second-order valence-corrected chi connectivity index (χ2v) is 10.7. The van der Waals surface area contributed by atoms with Crippen LogP contribution in [0, 0.1) is 5.82 Å².